The third-order valence-corrected chi connectivity index (χ3v) is 4.75. The molecule has 2 fully saturated rings. The number of ether oxygens (including phenoxy) is 4. The molecule has 9 atom stereocenters. The minimum atomic E-state index is -2.25. The molecule has 12 nitrogen and oxygen atoms in total. The van der Waals surface area contributed by atoms with Crippen LogP contribution < -0.4 is 0 Å². The van der Waals surface area contributed by atoms with Gasteiger partial charge in [-0.15, -0.1) is 0 Å². The Labute approximate surface area is 160 Å². The van der Waals surface area contributed by atoms with Gasteiger partial charge in [0, 0.05) is 0 Å². The Morgan fingerprint density at radius 3 is 2.07 bits per heavy atom. The average Bonchev–Trinajstić information content (AvgIpc) is 2.94. The Morgan fingerprint density at radius 2 is 1.57 bits per heavy atom. The molecule has 0 unspecified atom stereocenters. The van der Waals surface area contributed by atoms with E-state index in [4.69, 9.17) is 18.9 Å². The second-order valence-electron chi connectivity index (χ2n) is 7.13. The molecule has 0 bridgehead atoms. The van der Waals surface area contributed by atoms with Crippen LogP contribution in [-0.4, -0.2) is 116 Å². The Kier molecular flexibility index (Phi) is 7.72. The maximum Gasteiger partial charge on any atom is 0.308 e. The topological polar surface area (TPSA) is 196 Å². The first kappa shape index (κ1) is 23.3. The van der Waals surface area contributed by atoms with E-state index in [1.807, 2.05) is 0 Å². The minimum absolute atomic E-state index is 0.593. The van der Waals surface area contributed by atoms with Crippen LogP contribution in [-0.2, 0) is 23.7 Å². The number of aliphatic hydroxyl groups excluding tert-OH is 7. The predicted octanol–water partition coefficient (Wildman–Crippen LogP) is -4.19. The lowest BCUT2D eigenvalue weighted by Gasteiger charge is -2.43. The summed E-state index contributed by atoms with van der Waals surface area (Å²) in [4.78, 5) is 12.0. The summed E-state index contributed by atoms with van der Waals surface area (Å²) >= 11 is 0. The summed E-state index contributed by atoms with van der Waals surface area (Å²) in [5.74, 6) is -3.59. The van der Waals surface area contributed by atoms with Gasteiger partial charge in [0.15, 0.2) is 12.4 Å². The highest BCUT2D eigenvalue weighted by atomic mass is 16.8. The molecule has 0 amide bonds. The second-order valence-corrected chi connectivity index (χ2v) is 7.13. The normalized spacial score (nSPS) is 44.1. The lowest BCUT2D eigenvalue weighted by molar-refractivity contribution is -0.384. The molecule has 0 aromatic carbocycles. The predicted molar refractivity (Wildman–Crippen MR) is 87.4 cm³/mol. The Hall–Kier alpha value is -0.930. The summed E-state index contributed by atoms with van der Waals surface area (Å²) in [5.41, 5.74) is 0. The lowest BCUT2D eigenvalue weighted by Crippen LogP contribution is -2.63. The van der Waals surface area contributed by atoms with Gasteiger partial charge in [-0.2, -0.15) is 0 Å². The highest BCUT2D eigenvalue weighted by Crippen LogP contribution is 2.38. The van der Waals surface area contributed by atoms with Gasteiger partial charge in [-0.3, -0.25) is 4.79 Å². The van der Waals surface area contributed by atoms with Crippen LogP contribution in [0, 0.1) is 5.92 Å². The molecule has 0 saturated carbocycles. The molecule has 28 heavy (non-hydrogen) atoms. The lowest BCUT2D eigenvalue weighted by atomic mass is 9.99. The van der Waals surface area contributed by atoms with Crippen LogP contribution in [0.4, 0.5) is 0 Å². The number of carbonyl (C=O) groups is 1. The maximum absolute atomic E-state index is 12.0. The van der Waals surface area contributed by atoms with Crippen molar-refractivity contribution >= 4 is 5.97 Å². The second kappa shape index (κ2) is 9.26. The minimum Gasteiger partial charge on any atom is -0.453 e. The van der Waals surface area contributed by atoms with Crippen LogP contribution in [0.25, 0.3) is 0 Å². The number of hydrogen-bond donors (Lipinski definition) is 7. The molecule has 0 aromatic rings. The largest absolute Gasteiger partial charge is 0.453 e. The van der Waals surface area contributed by atoms with Crippen molar-refractivity contribution < 1.29 is 59.5 Å². The van der Waals surface area contributed by atoms with E-state index in [-0.39, 0.29) is 0 Å². The number of hydrogen-bond acceptors (Lipinski definition) is 12. The van der Waals surface area contributed by atoms with Gasteiger partial charge in [0.05, 0.1) is 19.1 Å². The zero-order valence-electron chi connectivity index (χ0n) is 15.5. The number of carbonyl (C=O) groups excluding carboxylic acids is 1. The zero-order valence-corrected chi connectivity index (χ0v) is 15.5. The number of esters is 1. The van der Waals surface area contributed by atoms with Gasteiger partial charge in [0.2, 0.25) is 5.79 Å². The third kappa shape index (κ3) is 4.31. The van der Waals surface area contributed by atoms with Crippen molar-refractivity contribution in [3.05, 3.63) is 0 Å². The van der Waals surface area contributed by atoms with Crippen LogP contribution in [0.1, 0.15) is 13.8 Å². The molecule has 7 N–H and O–H groups in total. The quantitative estimate of drug-likeness (QED) is 0.200. The molecule has 0 aliphatic carbocycles. The van der Waals surface area contributed by atoms with Gasteiger partial charge >= 0.3 is 5.97 Å². The summed E-state index contributed by atoms with van der Waals surface area (Å²) in [6.07, 6.45) is -12.7. The molecular formula is C16H28O12. The molecule has 0 spiro atoms. The average molecular weight is 412 g/mol. The van der Waals surface area contributed by atoms with Gasteiger partial charge in [-0.05, 0) is 0 Å². The molecule has 2 aliphatic rings. The van der Waals surface area contributed by atoms with E-state index in [2.05, 4.69) is 0 Å². The van der Waals surface area contributed by atoms with Crippen molar-refractivity contribution in [3.8, 4) is 0 Å². The zero-order chi connectivity index (χ0) is 21.2. The maximum atomic E-state index is 12.0. The third-order valence-electron chi connectivity index (χ3n) is 4.75. The molecule has 2 aliphatic heterocycles. The molecule has 0 radical (unpaired) electrons. The van der Waals surface area contributed by atoms with Crippen molar-refractivity contribution in [2.75, 3.05) is 19.8 Å². The van der Waals surface area contributed by atoms with Crippen molar-refractivity contribution in [2.45, 2.75) is 68.7 Å². The van der Waals surface area contributed by atoms with E-state index in [1.54, 1.807) is 0 Å². The van der Waals surface area contributed by atoms with Crippen LogP contribution in [0.15, 0.2) is 0 Å². The monoisotopic (exact) mass is 412 g/mol. The van der Waals surface area contributed by atoms with E-state index in [0.717, 1.165) is 0 Å². The number of aliphatic hydroxyl groups is 7. The highest BCUT2D eigenvalue weighted by Gasteiger charge is 2.60. The smallest absolute Gasteiger partial charge is 0.308 e. The van der Waals surface area contributed by atoms with Crippen LogP contribution in [0.5, 0.6) is 0 Å². The van der Waals surface area contributed by atoms with E-state index in [9.17, 15) is 40.5 Å². The van der Waals surface area contributed by atoms with Crippen LogP contribution >= 0.6 is 0 Å². The van der Waals surface area contributed by atoms with Gasteiger partial charge in [-0.1, -0.05) is 13.8 Å². The Balaban J connectivity index is 2.30. The Bertz CT molecular complexity index is 528. The summed E-state index contributed by atoms with van der Waals surface area (Å²) in [5, 5.41) is 68.8. The SMILES string of the molecule is CC(C)C(=O)O[C@H]1[C@H](O)[C@@H](CO)O[C@@]1(CO)O[C@H]1O[C@H](CO)[C@@H](O)[C@H](O)[C@H]1O. The van der Waals surface area contributed by atoms with Crippen molar-refractivity contribution in [1.82, 2.24) is 0 Å². The first-order chi connectivity index (χ1) is 13.1. The molecule has 2 saturated heterocycles. The van der Waals surface area contributed by atoms with Gasteiger partial charge in [0.1, 0.15) is 43.2 Å². The van der Waals surface area contributed by atoms with Crippen molar-refractivity contribution in [3.63, 3.8) is 0 Å². The number of rotatable bonds is 7. The first-order valence-electron chi connectivity index (χ1n) is 8.88. The molecule has 12 heteroatoms. The molecule has 2 rings (SSSR count). The van der Waals surface area contributed by atoms with Gasteiger partial charge < -0.3 is 54.7 Å². The molecule has 2 heterocycles. The summed E-state index contributed by atoms with van der Waals surface area (Å²) in [6.45, 7) is 0.675. The summed E-state index contributed by atoms with van der Waals surface area (Å²) in [7, 11) is 0. The first-order valence-corrected chi connectivity index (χ1v) is 8.88. The van der Waals surface area contributed by atoms with E-state index < -0.39 is 86.5 Å². The molecular weight excluding hydrogens is 384 g/mol. The standard InChI is InChI=1S/C16H28O12/c1-6(2)14(24)26-13-10(21)8(4-18)27-16(13,5-19)28-15-12(23)11(22)9(20)7(3-17)25-15/h6-13,15,17-23H,3-5H2,1-2H3/t7-,8-,9-,10-,11+,12-,13+,15-,16+/m1/s1. The molecule has 164 valence electrons. The van der Waals surface area contributed by atoms with Crippen LogP contribution in [0.3, 0.4) is 0 Å². The van der Waals surface area contributed by atoms with E-state index in [1.165, 1.54) is 13.8 Å². The highest BCUT2D eigenvalue weighted by molar-refractivity contribution is 5.71. The van der Waals surface area contributed by atoms with Crippen molar-refractivity contribution in [1.29, 1.82) is 0 Å². The van der Waals surface area contributed by atoms with E-state index >= 15 is 0 Å². The van der Waals surface area contributed by atoms with Crippen LogP contribution in [0.2, 0.25) is 0 Å². The summed E-state index contributed by atoms with van der Waals surface area (Å²) < 4.78 is 21.3. The fourth-order valence-corrected chi connectivity index (χ4v) is 3.03. The Morgan fingerprint density at radius 1 is 0.964 bits per heavy atom. The fraction of sp³-hybridized carbons (Fsp3) is 0.938. The van der Waals surface area contributed by atoms with E-state index in [0.29, 0.717) is 0 Å². The van der Waals surface area contributed by atoms with Crippen molar-refractivity contribution in [2.24, 2.45) is 5.92 Å². The van der Waals surface area contributed by atoms with Gasteiger partial charge in [0.25, 0.3) is 0 Å². The fourth-order valence-electron chi connectivity index (χ4n) is 3.03. The molecule has 0 aromatic heterocycles. The summed E-state index contributed by atoms with van der Waals surface area (Å²) in [6, 6.07) is 0. The van der Waals surface area contributed by atoms with Gasteiger partial charge in [-0.25, -0.2) is 0 Å².